The number of carboxylic acids is 1. The van der Waals surface area contributed by atoms with Crippen LogP contribution in [-0.2, 0) is 28.8 Å². The SMILES string of the molecule is CC(=O)OCC1=C(C(=O)O)N2C(=O)C(NC(=O)C(=NOCCN3CCN(C)CC3)c3csc(N)n3)[C@H]2SC1. The molecule has 14 nitrogen and oxygen atoms in total. The number of carbonyl (C=O) groups excluding carboxylic acids is 3. The van der Waals surface area contributed by atoms with Crippen LogP contribution < -0.4 is 11.1 Å². The average Bonchev–Trinajstić information content (AvgIpc) is 3.31. The molecule has 4 N–H and O–H groups in total. The standard InChI is InChI=1S/C22H29N7O7S2/c1-12(30)35-9-13-10-37-20-16(19(32)29(20)17(13)21(33)34)25-18(31)15(14-11-38-22(23)24-14)26-36-8-7-28-5-3-27(2)4-6-28/h11,16,20H,3-10H2,1-2H3,(H2,23,24)(H,25,31)(H,33,34)/t16?,20-/m1/s1. The zero-order chi connectivity index (χ0) is 27.4. The first-order valence-electron chi connectivity index (χ1n) is 11.8. The van der Waals surface area contributed by atoms with Gasteiger partial charge >= 0.3 is 11.9 Å². The Bertz CT molecular complexity index is 1160. The van der Waals surface area contributed by atoms with E-state index in [-0.39, 0.29) is 41.2 Å². The predicted molar refractivity (Wildman–Crippen MR) is 139 cm³/mol. The number of thioether (sulfide) groups is 1. The molecule has 2 saturated heterocycles. The summed E-state index contributed by atoms with van der Waals surface area (Å²) in [7, 11) is 2.07. The van der Waals surface area contributed by atoms with E-state index in [0.29, 0.717) is 12.1 Å². The van der Waals surface area contributed by atoms with Gasteiger partial charge in [-0.05, 0) is 7.05 Å². The molecule has 3 aliphatic rings. The summed E-state index contributed by atoms with van der Waals surface area (Å²) in [6.07, 6.45) is 0. The van der Waals surface area contributed by atoms with E-state index in [1.165, 1.54) is 18.7 Å². The molecule has 1 aromatic heterocycles. The summed E-state index contributed by atoms with van der Waals surface area (Å²) in [5.41, 5.74) is 5.89. The van der Waals surface area contributed by atoms with E-state index in [0.717, 1.165) is 42.4 Å². The van der Waals surface area contributed by atoms with E-state index >= 15 is 0 Å². The third-order valence-electron chi connectivity index (χ3n) is 6.22. The molecule has 2 atom stereocenters. The smallest absolute Gasteiger partial charge is 0.352 e. The first kappa shape index (κ1) is 27.8. The molecule has 1 unspecified atom stereocenters. The number of nitrogens with one attached hydrogen (secondary N) is 1. The number of esters is 1. The second-order valence-electron chi connectivity index (χ2n) is 8.89. The molecule has 1 aromatic rings. The summed E-state index contributed by atoms with van der Waals surface area (Å²) < 4.78 is 4.94. The summed E-state index contributed by atoms with van der Waals surface area (Å²) in [6, 6.07) is -0.983. The first-order chi connectivity index (χ1) is 18.2. The molecule has 4 rings (SSSR count). The van der Waals surface area contributed by atoms with Gasteiger partial charge in [0.15, 0.2) is 10.8 Å². The van der Waals surface area contributed by atoms with Gasteiger partial charge in [-0.25, -0.2) is 9.78 Å². The van der Waals surface area contributed by atoms with Crippen LogP contribution in [0.5, 0.6) is 0 Å². The third kappa shape index (κ3) is 6.25. The summed E-state index contributed by atoms with van der Waals surface area (Å²) in [4.78, 5) is 64.3. The number of aliphatic carboxylic acids is 1. The van der Waals surface area contributed by atoms with Crippen molar-refractivity contribution >= 4 is 57.7 Å². The zero-order valence-electron chi connectivity index (χ0n) is 20.9. The number of thiazole rings is 1. The maximum atomic E-state index is 13.2. The van der Waals surface area contributed by atoms with Gasteiger partial charge in [-0.1, -0.05) is 5.16 Å². The first-order valence-corrected chi connectivity index (χ1v) is 13.7. The minimum absolute atomic E-state index is 0.132. The molecule has 0 saturated carbocycles. The molecule has 2 amide bonds. The normalized spacial score (nSPS) is 22.5. The van der Waals surface area contributed by atoms with Crippen LogP contribution in [0.25, 0.3) is 0 Å². The molecule has 0 spiro atoms. The molecule has 38 heavy (non-hydrogen) atoms. The van der Waals surface area contributed by atoms with E-state index < -0.39 is 35.2 Å². The minimum atomic E-state index is -1.32. The molecule has 0 aliphatic carbocycles. The topological polar surface area (TPSA) is 180 Å². The van der Waals surface area contributed by atoms with Crippen molar-refractivity contribution < 1.29 is 33.9 Å². The Morgan fingerprint density at radius 2 is 2.03 bits per heavy atom. The fourth-order valence-electron chi connectivity index (χ4n) is 4.15. The highest BCUT2D eigenvalue weighted by molar-refractivity contribution is 8.00. The Hall–Kier alpha value is -3.21. The Morgan fingerprint density at radius 1 is 1.29 bits per heavy atom. The van der Waals surface area contributed by atoms with Crippen LogP contribution in [-0.4, -0.2) is 124 Å². The number of nitrogens with two attached hydrogens (primary N) is 1. The lowest BCUT2D eigenvalue weighted by atomic mass is 10.0. The molecular weight excluding hydrogens is 538 g/mol. The van der Waals surface area contributed by atoms with Gasteiger partial charge in [-0.2, -0.15) is 0 Å². The number of likely N-dealkylation sites (N-methyl/N-ethyl adjacent to an activating group) is 1. The number of oxime groups is 1. The van der Waals surface area contributed by atoms with Crippen LogP contribution >= 0.6 is 23.1 Å². The molecule has 0 aromatic carbocycles. The Kier molecular flexibility index (Phi) is 8.86. The van der Waals surface area contributed by atoms with Gasteiger partial charge in [0, 0.05) is 56.4 Å². The van der Waals surface area contributed by atoms with Crippen LogP contribution in [0.2, 0.25) is 0 Å². The van der Waals surface area contributed by atoms with Crippen molar-refractivity contribution in [3.05, 3.63) is 22.3 Å². The summed E-state index contributed by atoms with van der Waals surface area (Å²) in [6.45, 7) is 5.63. The van der Waals surface area contributed by atoms with Gasteiger partial charge in [-0.15, -0.1) is 23.1 Å². The van der Waals surface area contributed by atoms with Gasteiger partial charge in [0.2, 0.25) is 0 Å². The Labute approximate surface area is 226 Å². The Morgan fingerprint density at radius 3 is 2.66 bits per heavy atom. The number of piperazine rings is 1. The van der Waals surface area contributed by atoms with Crippen LogP contribution in [0.3, 0.4) is 0 Å². The van der Waals surface area contributed by atoms with E-state index in [9.17, 15) is 24.3 Å². The van der Waals surface area contributed by atoms with Gasteiger partial charge in [0.05, 0.1) is 0 Å². The zero-order valence-corrected chi connectivity index (χ0v) is 22.5. The fourth-order valence-corrected chi connectivity index (χ4v) is 6.02. The molecule has 0 radical (unpaired) electrons. The number of aromatic nitrogens is 1. The van der Waals surface area contributed by atoms with Crippen molar-refractivity contribution in [1.82, 2.24) is 25.0 Å². The molecule has 3 aliphatic heterocycles. The lowest BCUT2D eigenvalue weighted by Crippen LogP contribution is -2.71. The van der Waals surface area contributed by atoms with Gasteiger partial charge in [-0.3, -0.25) is 24.2 Å². The highest BCUT2D eigenvalue weighted by atomic mass is 32.2. The monoisotopic (exact) mass is 567 g/mol. The molecule has 0 bridgehead atoms. The number of ether oxygens (including phenoxy) is 1. The van der Waals surface area contributed by atoms with Crippen LogP contribution in [0.4, 0.5) is 5.13 Å². The molecule has 16 heteroatoms. The molecule has 4 heterocycles. The van der Waals surface area contributed by atoms with Crippen LogP contribution in [0, 0.1) is 0 Å². The van der Waals surface area contributed by atoms with Crippen molar-refractivity contribution in [3.8, 4) is 0 Å². The highest BCUT2D eigenvalue weighted by Crippen LogP contribution is 2.40. The van der Waals surface area contributed by atoms with E-state index in [1.54, 1.807) is 5.38 Å². The Balaban J connectivity index is 1.42. The van der Waals surface area contributed by atoms with Crippen molar-refractivity contribution in [2.75, 3.05) is 64.5 Å². The van der Waals surface area contributed by atoms with Crippen molar-refractivity contribution in [2.24, 2.45) is 5.16 Å². The lowest BCUT2D eigenvalue weighted by molar-refractivity contribution is -0.150. The quantitative estimate of drug-likeness (QED) is 0.103. The van der Waals surface area contributed by atoms with Gasteiger partial charge in [0.1, 0.15) is 36.0 Å². The van der Waals surface area contributed by atoms with Gasteiger partial charge in [0.25, 0.3) is 11.8 Å². The van der Waals surface area contributed by atoms with Crippen molar-refractivity contribution in [2.45, 2.75) is 18.3 Å². The number of nitrogen functional groups attached to an aromatic ring is 1. The largest absolute Gasteiger partial charge is 0.477 e. The summed E-state index contributed by atoms with van der Waals surface area (Å²) in [5, 5.41) is 17.5. The van der Waals surface area contributed by atoms with E-state index in [2.05, 4.69) is 32.3 Å². The molecule has 2 fully saturated rings. The number of fused-ring (bicyclic) bond motifs is 1. The van der Waals surface area contributed by atoms with E-state index in [1.807, 2.05) is 0 Å². The summed E-state index contributed by atoms with van der Waals surface area (Å²) in [5.74, 6) is -2.95. The number of amides is 2. The summed E-state index contributed by atoms with van der Waals surface area (Å²) >= 11 is 2.39. The molecular formula is C22H29N7O7S2. The number of carboxylic acid groups (broad SMARTS) is 1. The lowest BCUT2D eigenvalue weighted by Gasteiger charge is -2.49. The van der Waals surface area contributed by atoms with Crippen LogP contribution in [0.1, 0.15) is 12.6 Å². The molecule has 206 valence electrons. The van der Waals surface area contributed by atoms with Crippen LogP contribution in [0.15, 0.2) is 21.8 Å². The van der Waals surface area contributed by atoms with E-state index in [4.69, 9.17) is 15.3 Å². The van der Waals surface area contributed by atoms with Gasteiger partial charge < -0.3 is 30.6 Å². The number of hydrogen-bond acceptors (Lipinski definition) is 13. The highest BCUT2D eigenvalue weighted by Gasteiger charge is 2.54. The fraction of sp³-hybridized carbons (Fsp3) is 0.545. The second-order valence-corrected chi connectivity index (χ2v) is 10.9. The number of nitrogens with zero attached hydrogens (tertiary/aromatic N) is 5. The maximum Gasteiger partial charge on any atom is 0.352 e. The second kappa shape index (κ2) is 12.1. The maximum absolute atomic E-state index is 13.2. The number of hydrogen-bond donors (Lipinski definition) is 3. The number of β-lactam (4-membered cyclic amide) rings is 1. The number of anilines is 1. The predicted octanol–water partition coefficient (Wildman–Crippen LogP) is -1.00. The average molecular weight is 568 g/mol. The third-order valence-corrected chi connectivity index (χ3v) is 8.23. The van der Waals surface area contributed by atoms with Crippen molar-refractivity contribution in [3.63, 3.8) is 0 Å². The number of rotatable bonds is 10. The minimum Gasteiger partial charge on any atom is -0.477 e. The number of carbonyl (C=O) groups is 4. The van der Waals surface area contributed by atoms with Crippen molar-refractivity contribution in [1.29, 1.82) is 0 Å².